The van der Waals surface area contributed by atoms with Crippen LogP contribution in [0, 0.1) is 0 Å². The topological polar surface area (TPSA) is 43.1 Å². The first-order valence-corrected chi connectivity index (χ1v) is 6.60. The molecular weight excluding hydrogens is 245 g/mol. The van der Waals surface area contributed by atoms with E-state index in [4.69, 9.17) is 5.73 Å². The van der Waals surface area contributed by atoms with E-state index in [1.165, 1.54) is 23.9 Å². The van der Waals surface area contributed by atoms with Gasteiger partial charge in [0.2, 0.25) is 0 Å². The van der Waals surface area contributed by atoms with Gasteiger partial charge in [0.05, 0.1) is 0 Å². The Morgan fingerprint density at radius 2 is 1.30 bits per heavy atom. The zero-order valence-electron chi connectivity index (χ0n) is 12.0. The van der Waals surface area contributed by atoms with Crippen LogP contribution in [0.4, 0.5) is 0 Å². The molecule has 0 radical (unpaired) electrons. The van der Waals surface area contributed by atoms with Crippen molar-refractivity contribution in [3.05, 3.63) is 72.4 Å². The number of benzene rings is 2. The van der Waals surface area contributed by atoms with E-state index >= 15 is 0 Å². The van der Waals surface area contributed by atoms with Crippen LogP contribution in [0.3, 0.4) is 0 Å². The molecule has 2 N–H and O–H groups in total. The molecule has 2 rings (SSSR count). The van der Waals surface area contributed by atoms with E-state index in [9.17, 15) is 4.79 Å². The summed E-state index contributed by atoms with van der Waals surface area (Å²) in [6.07, 6.45) is 1.39. The number of hydrogen-bond donors (Lipinski definition) is 1. The second-order valence-electron chi connectivity index (χ2n) is 4.65. The molecule has 0 atom stereocenters. The molecule has 20 heavy (non-hydrogen) atoms. The standard InChI is InChI=1S/C12H11B.C5H9NO/c1-3-7-11(8-4-1)13-12-9-5-2-6-10-12;1-4(6)3-5(2)7/h1-10,13H;3H,6H2,1-2H3/b;4-3-. The maximum absolute atomic E-state index is 10.1. The summed E-state index contributed by atoms with van der Waals surface area (Å²) in [7, 11) is 1.03. The van der Waals surface area contributed by atoms with E-state index in [0.717, 1.165) is 7.28 Å². The Labute approximate surface area is 121 Å². The SMILES string of the molecule is B(c1ccccc1)c1ccccc1.CC(=O)/C=C(/C)N. The van der Waals surface area contributed by atoms with E-state index < -0.39 is 0 Å². The fourth-order valence-corrected chi connectivity index (χ4v) is 1.75. The number of rotatable bonds is 3. The van der Waals surface area contributed by atoms with Crippen molar-refractivity contribution < 1.29 is 4.79 Å². The predicted octanol–water partition coefficient (Wildman–Crippen LogP) is 1.51. The van der Waals surface area contributed by atoms with Crippen molar-refractivity contribution >= 4 is 24.0 Å². The van der Waals surface area contributed by atoms with Crippen LogP contribution in [-0.4, -0.2) is 13.1 Å². The lowest BCUT2D eigenvalue weighted by atomic mass is 9.64. The van der Waals surface area contributed by atoms with Crippen molar-refractivity contribution in [2.75, 3.05) is 0 Å². The molecular formula is C17H20BNO. The predicted molar refractivity (Wildman–Crippen MR) is 87.9 cm³/mol. The summed E-state index contributed by atoms with van der Waals surface area (Å²) in [5.74, 6) is 0.000000000000000444. The fourth-order valence-electron chi connectivity index (χ4n) is 1.75. The van der Waals surface area contributed by atoms with Crippen molar-refractivity contribution in [2.24, 2.45) is 5.73 Å². The molecule has 0 aromatic heterocycles. The van der Waals surface area contributed by atoms with E-state index in [1.54, 1.807) is 6.92 Å². The van der Waals surface area contributed by atoms with Gasteiger partial charge in [-0.25, -0.2) is 0 Å². The van der Waals surface area contributed by atoms with Crippen LogP contribution in [0.5, 0.6) is 0 Å². The summed E-state index contributed by atoms with van der Waals surface area (Å²) in [5, 5.41) is 0. The second-order valence-corrected chi connectivity index (χ2v) is 4.65. The first kappa shape index (κ1) is 15.8. The Bertz CT molecular complexity index is 508. The minimum absolute atomic E-state index is 0.000000000000000444. The highest BCUT2D eigenvalue weighted by molar-refractivity contribution is 6.67. The van der Waals surface area contributed by atoms with Crippen molar-refractivity contribution in [2.45, 2.75) is 13.8 Å². The van der Waals surface area contributed by atoms with Crippen LogP contribution in [0.2, 0.25) is 0 Å². The molecule has 102 valence electrons. The number of carbonyl (C=O) groups excluding carboxylic acids is 1. The summed E-state index contributed by atoms with van der Waals surface area (Å²) in [4.78, 5) is 10.1. The Kier molecular flexibility index (Phi) is 6.90. The Morgan fingerprint density at radius 3 is 1.55 bits per heavy atom. The maximum atomic E-state index is 10.1. The highest BCUT2D eigenvalue weighted by Gasteiger charge is 1.95. The third kappa shape index (κ3) is 7.22. The normalized spacial score (nSPS) is 10.2. The summed E-state index contributed by atoms with van der Waals surface area (Å²) in [5.41, 5.74) is 8.43. The molecule has 0 spiro atoms. The molecule has 0 heterocycles. The van der Waals surface area contributed by atoms with Gasteiger partial charge >= 0.3 is 0 Å². The molecule has 0 saturated carbocycles. The molecule has 0 aliphatic carbocycles. The lowest BCUT2D eigenvalue weighted by molar-refractivity contribution is -0.112. The summed E-state index contributed by atoms with van der Waals surface area (Å²) in [6.45, 7) is 3.15. The van der Waals surface area contributed by atoms with Gasteiger partial charge < -0.3 is 5.73 Å². The van der Waals surface area contributed by atoms with Crippen molar-refractivity contribution in [1.29, 1.82) is 0 Å². The van der Waals surface area contributed by atoms with Crippen LogP contribution in [0.1, 0.15) is 13.8 Å². The number of allylic oxidation sites excluding steroid dienone is 2. The van der Waals surface area contributed by atoms with Crippen LogP contribution in [-0.2, 0) is 4.79 Å². The van der Waals surface area contributed by atoms with Crippen LogP contribution in [0.15, 0.2) is 72.4 Å². The first-order chi connectivity index (χ1) is 9.58. The van der Waals surface area contributed by atoms with Gasteiger partial charge in [-0.15, -0.1) is 0 Å². The minimum atomic E-state index is 0.000000000000000444. The van der Waals surface area contributed by atoms with Crippen LogP contribution in [0.25, 0.3) is 0 Å². The molecule has 0 amide bonds. The van der Waals surface area contributed by atoms with Gasteiger partial charge in [0.15, 0.2) is 13.1 Å². The molecule has 3 heteroatoms. The number of ketones is 1. The van der Waals surface area contributed by atoms with Crippen molar-refractivity contribution in [1.82, 2.24) is 0 Å². The smallest absolute Gasteiger partial charge is 0.192 e. The molecule has 0 aliphatic heterocycles. The quantitative estimate of drug-likeness (QED) is 0.675. The molecule has 2 aromatic carbocycles. The fraction of sp³-hybridized carbons (Fsp3) is 0.118. The minimum Gasteiger partial charge on any atom is -0.402 e. The van der Waals surface area contributed by atoms with E-state index in [-0.39, 0.29) is 5.78 Å². The van der Waals surface area contributed by atoms with Crippen LogP contribution >= 0.6 is 0 Å². The Hall–Kier alpha value is -2.29. The average molecular weight is 265 g/mol. The molecule has 2 nitrogen and oxygen atoms in total. The second kappa shape index (κ2) is 8.75. The molecule has 0 unspecified atom stereocenters. The molecule has 0 saturated heterocycles. The molecule has 0 fully saturated rings. The van der Waals surface area contributed by atoms with Crippen molar-refractivity contribution in [3.8, 4) is 0 Å². The van der Waals surface area contributed by atoms with Gasteiger partial charge in [-0.2, -0.15) is 0 Å². The lowest BCUT2D eigenvalue weighted by Crippen LogP contribution is -2.26. The zero-order chi connectivity index (χ0) is 14.8. The van der Waals surface area contributed by atoms with Gasteiger partial charge in [0, 0.05) is 5.70 Å². The third-order valence-corrected chi connectivity index (χ3v) is 2.52. The Morgan fingerprint density at radius 1 is 0.900 bits per heavy atom. The zero-order valence-corrected chi connectivity index (χ0v) is 12.0. The average Bonchev–Trinajstić information content (AvgIpc) is 2.40. The van der Waals surface area contributed by atoms with Gasteiger partial charge in [0.25, 0.3) is 0 Å². The Balaban J connectivity index is 0.000000246. The highest BCUT2D eigenvalue weighted by atomic mass is 16.1. The lowest BCUT2D eigenvalue weighted by Gasteiger charge is -1.98. The largest absolute Gasteiger partial charge is 0.402 e. The highest BCUT2D eigenvalue weighted by Crippen LogP contribution is 1.84. The maximum Gasteiger partial charge on any atom is 0.192 e. The summed E-state index contributed by atoms with van der Waals surface area (Å²) >= 11 is 0. The van der Waals surface area contributed by atoms with Gasteiger partial charge in [-0.1, -0.05) is 71.6 Å². The summed E-state index contributed by atoms with van der Waals surface area (Å²) in [6, 6.07) is 21.1. The van der Waals surface area contributed by atoms with Gasteiger partial charge in [-0.05, 0) is 19.9 Å². The molecule has 2 aromatic rings. The van der Waals surface area contributed by atoms with E-state index in [1.807, 2.05) is 0 Å². The van der Waals surface area contributed by atoms with Crippen LogP contribution < -0.4 is 16.7 Å². The van der Waals surface area contributed by atoms with Gasteiger partial charge in [0.1, 0.15) is 0 Å². The van der Waals surface area contributed by atoms with E-state index in [2.05, 4.69) is 60.7 Å². The molecule has 0 bridgehead atoms. The first-order valence-electron chi connectivity index (χ1n) is 6.60. The number of nitrogens with two attached hydrogens (primary N) is 1. The van der Waals surface area contributed by atoms with Crippen molar-refractivity contribution in [3.63, 3.8) is 0 Å². The molecule has 0 aliphatic rings. The number of hydrogen-bond acceptors (Lipinski definition) is 2. The monoisotopic (exact) mass is 265 g/mol. The van der Waals surface area contributed by atoms with Gasteiger partial charge in [-0.3, -0.25) is 4.79 Å². The summed E-state index contributed by atoms with van der Waals surface area (Å²) < 4.78 is 0. The van der Waals surface area contributed by atoms with E-state index in [0.29, 0.717) is 5.70 Å². The third-order valence-electron chi connectivity index (χ3n) is 2.52. The number of carbonyl (C=O) groups is 1.